The Morgan fingerprint density at radius 3 is 2.96 bits per heavy atom. The second-order valence-electron chi connectivity index (χ2n) is 7.62. The van der Waals surface area contributed by atoms with Gasteiger partial charge in [-0.25, -0.2) is 4.98 Å². The number of piperidine rings is 1. The van der Waals surface area contributed by atoms with E-state index in [0.29, 0.717) is 18.7 Å². The van der Waals surface area contributed by atoms with Gasteiger partial charge in [-0.3, -0.25) is 9.59 Å². The predicted octanol–water partition coefficient (Wildman–Crippen LogP) is 2.67. The molecule has 0 N–H and O–H groups in total. The van der Waals surface area contributed by atoms with Crippen molar-refractivity contribution in [1.29, 1.82) is 0 Å². The van der Waals surface area contributed by atoms with E-state index in [2.05, 4.69) is 9.88 Å². The highest BCUT2D eigenvalue weighted by molar-refractivity contribution is 7.98. The van der Waals surface area contributed by atoms with E-state index in [0.717, 1.165) is 43.3 Å². The van der Waals surface area contributed by atoms with Crippen molar-refractivity contribution in [2.24, 2.45) is 11.3 Å². The van der Waals surface area contributed by atoms with Crippen LogP contribution in [0.25, 0.3) is 0 Å². The second-order valence-corrected chi connectivity index (χ2v) is 8.41. The molecule has 1 saturated carbocycles. The molecule has 1 aromatic heterocycles. The summed E-state index contributed by atoms with van der Waals surface area (Å²) >= 11 is 1.49. The molecule has 6 heteroatoms. The highest BCUT2D eigenvalue weighted by Gasteiger charge is 2.50. The molecule has 3 heterocycles. The molecular weight excluding hydrogens is 334 g/mol. The maximum atomic E-state index is 13.1. The van der Waals surface area contributed by atoms with Gasteiger partial charge in [0.2, 0.25) is 5.91 Å². The Balaban J connectivity index is 1.50. The van der Waals surface area contributed by atoms with E-state index in [9.17, 15) is 9.59 Å². The minimum atomic E-state index is -0.343. The quantitative estimate of drug-likeness (QED) is 0.776. The van der Waals surface area contributed by atoms with Gasteiger partial charge in [0.25, 0.3) is 5.91 Å². The average Bonchev–Trinajstić information content (AvgIpc) is 3.36. The number of hydrogen-bond acceptors (Lipinski definition) is 4. The molecule has 0 radical (unpaired) electrons. The van der Waals surface area contributed by atoms with Gasteiger partial charge in [0.1, 0.15) is 5.03 Å². The Hall–Kier alpha value is -1.56. The summed E-state index contributed by atoms with van der Waals surface area (Å²) in [5, 5.41) is 0.763. The number of carbonyl (C=O) groups excluding carboxylic acids is 2. The summed E-state index contributed by atoms with van der Waals surface area (Å²) in [6, 6.07) is 3.65. The Bertz CT molecular complexity index is 691. The minimum absolute atomic E-state index is 0.0152. The molecule has 3 aliphatic rings. The van der Waals surface area contributed by atoms with E-state index >= 15 is 0 Å². The van der Waals surface area contributed by atoms with Gasteiger partial charge in [-0.2, -0.15) is 0 Å². The zero-order valence-corrected chi connectivity index (χ0v) is 15.6. The van der Waals surface area contributed by atoms with Crippen molar-refractivity contribution in [2.45, 2.75) is 37.1 Å². The maximum absolute atomic E-state index is 13.1. The normalized spacial score (nSPS) is 26.5. The lowest BCUT2D eigenvalue weighted by atomic mass is 9.78. The molecule has 4 rings (SSSR count). The monoisotopic (exact) mass is 359 g/mol. The summed E-state index contributed by atoms with van der Waals surface area (Å²) in [4.78, 5) is 34.3. The third kappa shape index (κ3) is 3.16. The van der Waals surface area contributed by atoms with E-state index in [1.807, 2.05) is 23.3 Å². The fraction of sp³-hybridized carbons (Fsp3) is 0.632. The van der Waals surface area contributed by atoms with E-state index in [1.54, 1.807) is 6.20 Å². The van der Waals surface area contributed by atoms with Gasteiger partial charge in [-0.05, 0) is 56.4 Å². The zero-order chi connectivity index (χ0) is 17.4. The molecule has 1 spiro atoms. The first-order chi connectivity index (χ1) is 12.1. The summed E-state index contributed by atoms with van der Waals surface area (Å²) in [6.45, 7) is 3.05. The standard InChI is InChI=1S/C19H25N3O2S/c1-25-16-15(4-2-9-20-16)17(23)22-11-8-19(13-22)7-3-10-21(18(19)24)12-14-5-6-14/h2,4,9,14H,3,5-8,10-13H2,1H3/t19-/m1/s1. The SMILES string of the molecule is CSc1ncccc1C(=O)N1CC[C@]2(CCCN(CC3CC3)C2=O)C1. The molecule has 25 heavy (non-hydrogen) atoms. The Morgan fingerprint density at radius 2 is 2.20 bits per heavy atom. The summed E-state index contributed by atoms with van der Waals surface area (Å²) in [6.07, 6.45) is 8.95. The molecule has 1 atom stereocenters. The lowest BCUT2D eigenvalue weighted by Gasteiger charge is -2.39. The van der Waals surface area contributed by atoms with Crippen molar-refractivity contribution in [3.8, 4) is 0 Å². The second kappa shape index (κ2) is 6.63. The number of thioether (sulfide) groups is 1. The van der Waals surface area contributed by atoms with E-state index in [-0.39, 0.29) is 17.2 Å². The highest BCUT2D eigenvalue weighted by Crippen LogP contribution is 2.42. The summed E-state index contributed by atoms with van der Waals surface area (Å²) in [5.41, 5.74) is 0.315. The number of aromatic nitrogens is 1. The van der Waals surface area contributed by atoms with E-state index in [1.165, 1.54) is 24.6 Å². The van der Waals surface area contributed by atoms with Gasteiger partial charge in [0.05, 0.1) is 11.0 Å². The predicted molar refractivity (Wildman–Crippen MR) is 97.5 cm³/mol. The maximum Gasteiger partial charge on any atom is 0.256 e. The van der Waals surface area contributed by atoms with Crippen molar-refractivity contribution in [1.82, 2.24) is 14.8 Å². The zero-order valence-electron chi connectivity index (χ0n) is 14.7. The first-order valence-electron chi connectivity index (χ1n) is 9.21. The van der Waals surface area contributed by atoms with Crippen molar-refractivity contribution in [3.05, 3.63) is 23.9 Å². The molecule has 2 amide bonds. The molecular formula is C19H25N3O2S. The van der Waals surface area contributed by atoms with Gasteiger partial charge in [0, 0.05) is 32.4 Å². The number of rotatable bonds is 4. The number of likely N-dealkylation sites (tertiary alicyclic amines) is 2. The van der Waals surface area contributed by atoms with Crippen LogP contribution in [0.1, 0.15) is 42.5 Å². The topological polar surface area (TPSA) is 53.5 Å². The number of pyridine rings is 1. The Labute approximate surface area is 153 Å². The molecule has 5 nitrogen and oxygen atoms in total. The third-order valence-electron chi connectivity index (χ3n) is 5.84. The number of hydrogen-bond donors (Lipinski definition) is 0. The van der Waals surface area contributed by atoms with Crippen LogP contribution in [0.3, 0.4) is 0 Å². The number of nitrogens with zero attached hydrogens (tertiary/aromatic N) is 3. The van der Waals surface area contributed by atoms with E-state index < -0.39 is 0 Å². The van der Waals surface area contributed by atoms with Crippen LogP contribution in [0, 0.1) is 11.3 Å². The van der Waals surface area contributed by atoms with Crippen LogP contribution in [-0.4, -0.2) is 59.0 Å². The molecule has 0 unspecified atom stereocenters. The highest BCUT2D eigenvalue weighted by atomic mass is 32.2. The summed E-state index contributed by atoms with van der Waals surface area (Å²) in [5.74, 6) is 1.02. The molecule has 2 aliphatic heterocycles. The lowest BCUT2D eigenvalue weighted by molar-refractivity contribution is -0.145. The minimum Gasteiger partial charge on any atom is -0.342 e. The van der Waals surface area contributed by atoms with Crippen LogP contribution in [0.2, 0.25) is 0 Å². The first kappa shape index (κ1) is 16.9. The van der Waals surface area contributed by atoms with Crippen molar-refractivity contribution < 1.29 is 9.59 Å². The van der Waals surface area contributed by atoms with Crippen LogP contribution in [-0.2, 0) is 4.79 Å². The fourth-order valence-electron chi connectivity index (χ4n) is 4.25. The van der Waals surface area contributed by atoms with Crippen molar-refractivity contribution >= 4 is 23.6 Å². The largest absolute Gasteiger partial charge is 0.342 e. The Morgan fingerprint density at radius 1 is 1.36 bits per heavy atom. The summed E-state index contributed by atoms with van der Waals surface area (Å²) in [7, 11) is 0. The third-order valence-corrected chi connectivity index (χ3v) is 6.55. The van der Waals surface area contributed by atoms with Gasteiger partial charge in [0.15, 0.2) is 0 Å². The van der Waals surface area contributed by atoms with Crippen LogP contribution in [0.4, 0.5) is 0 Å². The molecule has 1 aliphatic carbocycles. The smallest absolute Gasteiger partial charge is 0.256 e. The van der Waals surface area contributed by atoms with Crippen LogP contribution in [0.15, 0.2) is 23.4 Å². The fourth-order valence-corrected chi connectivity index (χ4v) is 4.79. The van der Waals surface area contributed by atoms with Gasteiger partial charge >= 0.3 is 0 Å². The summed E-state index contributed by atoms with van der Waals surface area (Å²) < 4.78 is 0. The molecule has 2 saturated heterocycles. The van der Waals surface area contributed by atoms with Crippen molar-refractivity contribution in [3.63, 3.8) is 0 Å². The molecule has 0 aromatic carbocycles. The van der Waals surface area contributed by atoms with Crippen LogP contribution < -0.4 is 0 Å². The first-order valence-corrected chi connectivity index (χ1v) is 10.4. The van der Waals surface area contributed by atoms with Crippen LogP contribution >= 0.6 is 11.8 Å². The molecule has 3 fully saturated rings. The van der Waals surface area contributed by atoms with Gasteiger partial charge in [-0.1, -0.05) is 0 Å². The lowest BCUT2D eigenvalue weighted by Crippen LogP contribution is -2.51. The number of amides is 2. The Kier molecular flexibility index (Phi) is 4.48. The van der Waals surface area contributed by atoms with Crippen LogP contribution in [0.5, 0.6) is 0 Å². The van der Waals surface area contributed by atoms with Crippen molar-refractivity contribution in [2.75, 3.05) is 32.4 Å². The average molecular weight is 359 g/mol. The molecule has 134 valence electrons. The van der Waals surface area contributed by atoms with E-state index in [4.69, 9.17) is 0 Å². The van der Waals surface area contributed by atoms with Gasteiger partial charge in [-0.15, -0.1) is 11.8 Å². The molecule has 1 aromatic rings. The molecule has 0 bridgehead atoms. The number of carbonyl (C=O) groups is 2. The van der Waals surface area contributed by atoms with Gasteiger partial charge < -0.3 is 9.80 Å².